The quantitative estimate of drug-likeness (QED) is 0.443. The monoisotopic (exact) mass is 177 g/mol. The fraction of sp³-hybridized carbons (Fsp3) is 0.875. The van der Waals surface area contributed by atoms with Gasteiger partial charge < -0.3 is 19.5 Å². The van der Waals surface area contributed by atoms with Crippen LogP contribution in [0.4, 0.5) is 0 Å². The molecule has 4 nitrogen and oxygen atoms in total. The van der Waals surface area contributed by atoms with Crippen LogP contribution in [0.1, 0.15) is 20.3 Å². The van der Waals surface area contributed by atoms with Crippen molar-refractivity contribution in [2.75, 3.05) is 21.1 Å². The summed E-state index contributed by atoms with van der Waals surface area (Å²) in [6.07, 6.45) is 0.610. The highest BCUT2D eigenvalue weighted by Crippen LogP contribution is 2.01. The maximum Gasteiger partial charge on any atom is 0.189 e. The summed E-state index contributed by atoms with van der Waals surface area (Å²) in [5.74, 6) is -1.08. The van der Waals surface area contributed by atoms with Crippen LogP contribution in [0.25, 0.3) is 0 Å². The van der Waals surface area contributed by atoms with Gasteiger partial charge in [0.05, 0.1) is 21.1 Å². The number of carboxylic acids is 1. The van der Waals surface area contributed by atoms with Crippen molar-refractivity contribution in [2.45, 2.75) is 26.5 Å². The van der Waals surface area contributed by atoms with Crippen molar-refractivity contribution in [3.63, 3.8) is 0 Å². The van der Waals surface area contributed by atoms with E-state index in [1.165, 1.54) is 0 Å². The van der Waals surface area contributed by atoms with Gasteiger partial charge in [-0.15, -0.1) is 0 Å². The molecule has 1 N–H and O–H groups in total. The number of rotatable bonds is 2. The molecule has 12 heavy (non-hydrogen) atoms. The molecule has 0 aromatic carbocycles. The third kappa shape index (κ3) is 12.1. The molecule has 0 aliphatic rings. The van der Waals surface area contributed by atoms with Crippen LogP contribution in [0, 0.1) is 0 Å². The second-order valence-electron chi connectivity index (χ2n) is 3.50. The molecule has 0 saturated carbocycles. The summed E-state index contributed by atoms with van der Waals surface area (Å²) in [5.41, 5.74) is 0. The summed E-state index contributed by atoms with van der Waals surface area (Å²) in [6, 6.07) is 0. The second kappa shape index (κ2) is 5.97. The zero-order valence-electron chi connectivity index (χ0n) is 8.50. The number of aliphatic carboxylic acids is 1. The fourth-order valence-electron chi connectivity index (χ4n) is 0.548. The maximum atomic E-state index is 9.17. The standard InChI is InChI=1S/C6H16NO.C2H4O2/c1-5-6(8)7(2,3)4;1-2(3)4/h6,8H,5H2,1-4H3;1H3,(H,3,4)/q+1;/p-1. The van der Waals surface area contributed by atoms with Crippen LogP contribution in [0.3, 0.4) is 0 Å². The van der Waals surface area contributed by atoms with Gasteiger partial charge in [-0.1, -0.05) is 6.92 Å². The highest BCUT2D eigenvalue weighted by Gasteiger charge is 2.16. The Balaban J connectivity index is 0. The van der Waals surface area contributed by atoms with E-state index in [4.69, 9.17) is 15.0 Å². The lowest BCUT2D eigenvalue weighted by Crippen LogP contribution is -2.44. The van der Waals surface area contributed by atoms with Gasteiger partial charge in [-0.3, -0.25) is 0 Å². The lowest BCUT2D eigenvalue weighted by molar-refractivity contribution is -0.918. The average molecular weight is 177 g/mol. The SMILES string of the molecule is CC(=O)[O-].CCC(O)[N+](C)(C)C. The zero-order chi connectivity index (χ0) is 10.4. The number of nitrogens with zero attached hydrogens (tertiary/aromatic N) is 1. The Kier molecular flexibility index (Phi) is 6.94. The molecule has 74 valence electrons. The molecule has 0 saturated heterocycles. The molecule has 0 aliphatic carbocycles. The molecule has 0 amide bonds. The Morgan fingerprint density at radius 1 is 1.50 bits per heavy atom. The highest BCUT2D eigenvalue weighted by atomic mass is 16.4. The molecular formula is C8H19NO3. The predicted octanol–water partition coefficient (Wildman–Crippen LogP) is -0.823. The largest absolute Gasteiger partial charge is 0.550 e. The molecule has 0 bridgehead atoms. The number of hydrogen-bond acceptors (Lipinski definition) is 3. The van der Waals surface area contributed by atoms with E-state index in [1.54, 1.807) is 0 Å². The Morgan fingerprint density at radius 3 is 1.75 bits per heavy atom. The molecule has 1 unspecified atom stereocenters. The minimum absolute atomic E-state index is 0.213. The van der Waals surface area contributed by atoms with Crippen LogP contribution in [0.2, 0.25) is 0 Å². The van der Waals surface area contributed by atoms with Crippen LogP contribution in [-0.4, -0.2) is 42.9 Å². The van der Waals surface area contributed by atoms with Gasteiger partial charge in [-0.05, 0) is 6.92 Å². The molecule has 0 radical (unpaired) electrons. The van der Waals surface area contributed by atoms with E-state index >= 15 is 0 Å². The van der Waals surface area contributed by atoms with E-state index in [9.17, 15) is 0 Å². The third-order valence-corrected chi connectivity index (χ3v) is 1.26. The van der Waals surface area contributed by atoms with Gasteiger partial charge >= 0.3 is 0 Å². The Morgan fingerprint density at radius 2 is 1.75 bits per heavy atom. The first-order valence-electron chi connectivity index (χ1n) is 3.88. The molecule has 0 heterocycles. The van der Waals surface area contributed by atoms with Crippen molar-refractivity contribution >= 4 is 5.97 Å². The topological polar surface area (TPSA) is 60.4 Å². The Bertz CT molecular complexity index is 125. The maximum absolute atomic E-state index is 9.17. The fourth-order valence-corrected chi connectivity index (χ4v) is 0.548. The predicted molar refractivity (Wildman–Crippen MR) is 45.0 cm³/mol. The van der Waals surface area contributed by atoms with Crippen LogP contribution >= 0.6 is 0 Å². The summed E-state index contributed by atoms with van der Waals surface area (Å²) < 4.78 is 0.635. The van der Waals surface area contributed by atoms with E-state index < -0.39 is 5.97 Å². The van der Waals surface area contributed by atoms with E-state index in [2.05, 4.69) is 0 Å². The lowest BCUT2D eigenvalue weighted by Gasteiger charge is -2.28. The van der Waals surface area contributed by atoms with E-state index in [1.807, 2.05) is 28.1 Å². The molecule has 0 aromatic heterocycles. The highest BCUT2D eigenvalue weighted by molar-refractivity contribution is 5.60. The minimum atomic E-state index is -1.08. The molecule has 0 aromatic rings. The summed E-state index contributed by atoms with van der Waals surface area (Å²) in [6.45, 7) is 2.95. The van der Waals surface area contributed by atoms with Crippen LogP contribution in [0.5, 0.6) is 0 Å². The summed E-state index contributed by atoms with van der Waals surface area (Å²) in [4.78, 5) is 8.89. The van der Waals surface area contributed by atoms with Crippen molar-refractivity contribution in [3.05, 3.63) is 0 Å². The number of carbonyl (C=O) groups is 1. The summed E-state index contributed by atoms with van der Waals surface area (Å²) >= 11 is 0. The lowest BCUT2D eigenvalue weighted by atomic mass is 10.4. The van der Waals surface area contributed by atoms with Gasteiger partial charge in [-0.25, -0.2) is 0 Å². The number of carbonyl (C=O) groups excluding carboxylic acids is 1. The number of aliphatic hydroxyl groups excluding tert-OH is 1. The molecule has 0 rings (SSSR count). The average Bonchev–Trinajstić information content (AvgIpc) is 1.82. The summed E-state index contributed by atoms with van der Waals surface area (Å²) in [5, 5.41) is 18.1. The smallest absolute Gasteiger partial charge is 0.189 e. The first kappa shape index (κ1) is 13.9. The van der Waals surface area contributed by atoms with Crippen LogP contribution in [-0.2, 0) is 4.79 Å². The molecule has 0 fully saturated rings. The molecular weight excluding hydrogens is 158 g/mol. The number of hydrogen-bond donors (Lipinski definition) is 1. The van der Waals surface area contributed by atoms with Gasteiger partial charge in [0.2, 0.25) is 0 Å². The number of quaternary nitrogens is 1. The minimum Gasteiger partial charge on any atom is -0.550 e. The third-order valence-electron chi connectivity index (χ3n) is 1.26. The van der Waals surface area contributed by atoms with Gasteiger partial charge in [0.25, 0.3) is 0 Å². The van der Waals surface area contributed by atoms with Crippen molar-refractivity contribution in [1.82, 2.24) is 0 Å². The van der Waals surface area contributed by atoms with Gasteiger partial charge in [0, 0.05) is 12.4 Å². The Hall–Kier alpha value is -0.610. The van der Waals surface area contributed by atoms with Gasteiger partial charge in [0.15, 0.2) is 6.23 Å². The van der Waals surface area contributed by atoms with Crippen molar-refractivity contribution < 1.29 is 19.5 Å². The van der Waals surface area contributed by atoms with Crippen LogP contribution < -0.4 is 5.11 Å². The Labute approximate surface area is 74.0 Å². The molecule has 0 spiro atoms. The van der Waals surface area contributed by atoms with Crippen molar-refractivity contribution in [3.8, 4) is 0 Å². The summed E-state index contributed by atoms with van der Waals surface area (Å²) in [7, 11) is 5.94. The van der Waals surface area contributed by atoms with Crippen molar-refractivity contribution in [2.24, 2.45) is 0 Å². The molecule has 4 heteroatoms. The van der Waals surface area contributed by atoms with Crippen LogP contribution in [0.15, 0.2) is 0 Å². The molecule has 1 atom stereocenters. The van der Waals surface area contributed by atoms with E-state index in [0.717, 1.165) is 13.3 Å². The zero-order valence-corrected chi connectivity index (χ0v) is 8.50. The first-order chi connectivity index (χ1) is 5.21. The second-order valence-corrected chi connectivity index (χ2v) is 3.50. The van der Waals surface area contributed by atoms with Gasteiger partial charge in [-0.2, -0.15) is 0 Å². The van der Waals surface area contributed by atoms with Gasteiger partial charge in [0.1, 0.15) is 0 Å². The molecule has 0 aliphatic heterocycles. The normalized spacial score (nSPS) is 12.8. The van der Waals surface area contributed by atoms with Crippen molar-refractivity contribution in [1.29, 1.82) is 0 Å². The van der Waals surface area contributed by atoms with E-state index in [-0.39, 0.29) is 6.23 Å². The number of carboxylic acid groups (broad SMARTS) is 1. The number of aliphatic hydroxyl groups is 1. The van der Waals surface area contributed by atoms with E-state index in [0.29, 0.717) is 4.48 Å². The first-order valence-corrected chi connectivity index (χ1v) is 3.88.